The van der Waals surface area contributed by atoms with Crippen LogP contribution in [0.5, 0.6) is 0 Å². The molecule has 0 aliphatic heterocycles. The van der Waals surface area contributed by atoms with Crippen LogP contribution in [0.25, 0.3) is 44.3 Å². The number of hydrogen-bond acceptors (Lipinski definition) is 1. The van der Waals surface area contributed by atoms with Crippen molar-refractivity contribution in [2.24, 2.45) is 7.05 Å². The van der Waals surface area contributed by atoms with Gasteiger partial charge in [-0.15, -0.1) is 0 Å². The van der Waals surface area contributed by atoms with Crippen LogP contribution in [0, 0.1) is 19.7 Å². The van der Waals surface area contributed by atoms with Gasteiger partial charge in [0, 0.05) is 28.5 Å². The summed E-state index contributed by atoms with van der Waals surface area (Å²) >= 11 is 0. The maximum atomic E-state index is 13.7. The maximum absolute atomic E-state index is 13.7. The van der Waals surface area contributed by atoms with E-state index in [9.17, 15) is 4.39 Å². The summed E-state index contributed by atoms with van der Waals surface area (Å²) in [6, 6.07) is 21.5. The van der Waals surface area contributed by atoms with Crippen molar-refractivity contribution >= 4 is 21.9 Å². The van der Waals surface area contributed by atoms with Crippen LogP contribution in [0.1, 0.15) is 11.1 Å². The lowest BCUT2D eigenvalue weighted by atomic mass is 9.97. The van der Waals surface area contributed by atoms with Crippen LogP contribution in [-0.2, 0) is 7.05 Å². The van der Waals surface area contributed by atoms with Crippen molar-refractivity contribution in [3.05, 3.63) is 89.9 Å². The fourth-order valence-electron chi connectivity index (χ4n) is 4.15. The minimum absolute atomic E-state index is 0.288. The molecule has 5 rings (SSSR count). The molecule has 0 unspecified atom stereocenters. The van der Waals surface area contributed by atoms with Crippen molar-refractivity contribution in [2.45, 2.75) is 13.8 Å². The van der Waals surface area contributed by atoms with Crippen molar-refractivity contribution in [1.29, 1.82) is 0 Å². The molecule has 29 heavy (non-hydrogen) atoms. The summed E-state index contributed by atoms with van der Waals surface area (Å²) in [7, 11) is 2.06. The third-order valence-corrected chi connectivity index (χ3v) is 5.63. The van der Waals surface area contributed by atoms with Crippen molar-refractivity contribution in [3.63, 3.8) is 0 Å². The van der Waals surface area contributed by atoms with Gasteiger partial charge >= 0.3 is 0 Å². The van der Waals surface area contributed by atoms with E-state index in [1.54, 1.807) is 6.07 Å². The second kappa shape index (κ2) is 6.56. The first kappa shape index (κ1) is 17.6. The minimum atomic E-state index is -0.288. The second-order valence-corrected chi connectivity index (χ2v) is 7.61. The summed E-state index contributed by atoms with van der Waals surface area (Å²) in [5.41, 5.74) is 8.21. The minimum Gasteiger partial charge on any atom is -0.455 e. The van der Waals surface area contributed by atoms with Crippen molar-refractivity contribution in [1.82, 2.24) is 0 Å². The number of furan rings is 1. The Labute approximate surface area is 168 Å². The molecule has 2 nitrogen and oxygen atoms in total. The van der Waals surface area contributed by atoms with Crippen LogP contribution in [0.3, 0.4) is 0 Å². The second-order valence-electron chi connectivity index (χ2n) is 7.61. The Hall–Kier alpha value is -3.46. The highest BCUT2D eigenvalue weighted by Crippen LogP contribution is 2.37. The average Bonchev–Trinajstić information content (AvgIpc) is 3.07. The van der Waals surface area contributed by atoms with E-state index in [0.29, 0.717) is 5.58 Å². The molecule has 0 spiro atoms. The molecule has 0 saturated carbocycles. The molecular weight excluding hydrogens is 361 g/mol. The lowest BCUT2D eigenvalue weighted by Gasteiger charge is -2.10. The summed E-state index contributed by atoms with van der Waals surface area (Å²) in [5.74, 6) is -0.288. The van der Waals surface area contributed by atoms with Gasteiger partial charge in [0.2, 0.25) is 5.69 Å². The number of nitrogens with zero attached hydrogens (tertiary/aromatic N) is 1. The molecule has 0 amide bonds. The zero-order valence-corrected chi connectivity index (χ0v) is 16.7. The SMILES string of the molecule is Cc1cc(-c2c(C)ccc3c2oc2cc(F)ccc23)[n+](C)cc1-c1ccccc1. The highest BCUT2D eigenvalue weighted by atomic mass is 19.1. The number of hydrogen-bond donors (Lipinski definition) is 0. The Morgan fingerprint density at radius 2 is 1.59 bits per heavy atom. The van der Waals surface area contributed by atoms with Crippen molar-refractivity contribution in [3.8, 4) is 22.4 Å². The molecule has 0 radical (unpaired) electrons. The Morgan fingerprint density at radius 1 is 0.828 bits per heavy atom. The summed E-state index contributed by atoms with van der Waals surface area (Å²) in [6.45, 7) is 4.22. The molecule has 0 N–H and O–H groups in total. The van der Waals surface area contributed by atoms with Crippen LogP contribution in [0.15, 0.2) is 77.3 Å². The van der Waals surface area contributed by atoms with Gasteiger partial charge in [-0.1, -0.05) is 42.5 Å². The zero-order valence-electron chi connectivity index (χ0n) is 16.7. The number of pyridine rings is 1. The van der Waals surface area contributed by atoms with Gasteiger partial charge in [-0.2, -0.15) is 0 Å². The molecule has 2 heterocycles. The normalized spacial score (nSPS) is 11.4. The molecular formula is C26H21FNO+. The lowest BCUT2D eigenvalue weighted by Crippen LogP contribution is -2.31. The summed E-state index contributed by atoms with van der Waals surface area (Å²) in [6.07, 6.45) is 2.17. The predicted octanol–water partition coefficient (Wildman–Crippen LogP) is 6.50. The van der Waals surface area contributed by atoms with E-state index >= 15 is 0 Å². The van der Waals surface area contributed by atoms with Crippen LogP contribution >= 0.6 is 0 Å². The molecule has 142 valence electrons. The monoisotopic (exact) mass is 382 g/mol. The number of halogens is 1. The fourth-order valence-corrected chi connectivity index (χ4v) is 4.15. The Balaban J connectivity index is 1.78. The summed E-state index contributed by atoms with van der Waals surface area (Å²) < 4.78 is 22.0. The largest absolute Gasteiger partial charge is 0.455 e. The zero-order chi connectivity index (χ0) is 20.1. The molecule has 5 aromatic rings. The Morgan fingerprint density at radius 3 is 2.38 bits per heavy atom. The summed E-state index contributed by atoms with van der Waals surface area (Å²) in [5, 5.41) is 1.94. The fraction of sp³-hybridized carbons (Fsp3) is 0.115. The number of aromatic nitrogens is 1. The van der Waals surface area contributed by atoms with Crippen molar-refractivity contribution in [2.75, 3.05) is 0 Å². The van der Waals surface area contributed by atoms with Crippen LogP contribution in [-0.4, -0.2) is 0 Å². The molecule has 0 saturated heterocycles. The lowest BCUT2D eigenvalue weighted by molar-refractivity contribution is -0.659. The first-order valence-electron chi connectivity index (χ1n) is 9.70. The number of fused-ring (bicyclic) bond motifs is 3. The van der Waals surface area contributed by atoms with Crippen LogP contribution < -0.4 is 4.57 Å². The standard InChI is InChI=1S/C26H21FNO/c1-16-9-11-21-20-12-10-19(27)14-24(20)29-26(21)25(16)23-13-17(2)22(15-28(23)3)18-7-5-4-6-8-18/h4-15H,1-3H3/q+1. The molecule has 0 aliphatic carbocycles. The van der Waals surface area contributed by atoms with E-state index in [-0.39, 0.29) is 5.82 Å². The van der Waals surface area contributed by atoms with Gasteiger partial charge in [0.1, 0.15) is 24.0 Å². The van der Waals surface area contributed by atoms with Gasteiger partial charge in [0.15, 0.2) is 6.20 Å². The average molecular weight is 382 g/mol. The van der Waals surface area contributed by atoms with E-state index in [2.05, 4.69) is 74.1 Å². The van der Waals surface area contributed by atoms with Crippen molar-refractivity contribution < 1.29 is 13.4 Å². The molecule has 0 bridgehead atoms. The van der Waals surface area contributed by atoms with Crippen LogP contribution in [0.4, 0.5) is 4.39 Å². The molecule has 0 fully saturated rings. The molecule has 0 atom stereocenters. The van der Waals surface area contributed by atoms with Gasteiger partial charge in [-0.05, 0) is 42.7 Å². The molecule has 3 aromatic carbocycles. The number of benzene rings is 3. The predicted molar refractivity (Wildman–Crippen MR) is 115 cm³/mol. The first-order valence-corrected chi connectivity index (χ1v) is 9.70. The van der Waals surface area contributed by atoms with E-state index in [0.717, 1.165) is 33.2 Å². The van der Waals surface area contributed by atoms with E-state index in [1.165, 1.54) is 28.8 Å². The Bertz CT molecular complexity index is 1380. The topological polar surface area (TPSA) is 17.0 Å². The number of rotatable bonds is 2. The smallest absolute Gasteiger partial charge is 0.216 e. The quantitative estimate of drug-likeness (QED) is 0.319. The Kier molecular flexibility index (Phi) is 3.99. The molecule has 0 aliphatic rings. The highest BCUT2D eigenvalue weighted by molar-refractivity contribution is 6.09. The van der Waals surface area contributed by atoms with E-state index in [1.807, 2.05) is 6.07 Å². The third kappa shape index (κ3) is 2.82. The van der Waals surface area contributed by atoms with Gasteiger partial charge in [-0.3, -0.25) is 0 Å². The van der Waals surface area contributed by atoms with E-state index in [4.69, 9.17) is 4.42 Å². The first-order chi connectivity index (χ1) is 14.0. The maximum Gasteiger partial charge on any atom is 0.216 e. The van der Waals surface area contributed by atoms with E-state index < -0.39 is 0 Å². The summed E-state index contributed by atoms with van der Waals surface area (Å²) in [4.78, 5) is 0. The van der Waals surface area contributed by atoms with Gasteiger partial charge in [0.25, 0.3) is 0 Å². The molecule has 3 heteroatoms. The van der Waals surface area contributed by atoms with Gasteiger partial charge in [-0.25, -0.2) is 8.96 Å². The van der Waals surface area contributed by atoms with Crippen LogP contribution in [0.2, 0.25) is 0 Å². The van der Waals surface area contributed by atoms with Gasteiger partial charge in [0.05, 0.1) is 5.56 Å². The third-order valence-electron chi connectivity index (χ3n) is 5.63. The molecule has 2 aromatic heterocycles. The number of aryl methyl sites for hydroxylation is 3. The van der Waals surface area contributed by atoms with Gasteiger partial charge < -0.3 is 4.42 Å². The highest BCUT2D eigenvalue weighted by Gasteiger charge is 2.22.